The molecule has 4 aromatic carbocycles. The van der Waals surface area contributed by atoms with E-state index in [-0.39, 0.29) is 27.5 Å². The van der Waals surface area contributed by atoms with Crippen LogP contribution in [0.5, 0.6) is 0 Å². The van der Waals surface area contributed by atoms with Crippen LogP contribution in [0, 0.1) is 25.1 Å². The summed E-state index contributed by atoms with van der Waals surface area (Å²) < 4.78 is 103. The summed E-state index contributed by atoms with van der Waals surface area (Å²) in [5.41, 5.74) is 3.18. The van der Waals surface area contributed by atoms with E-state index in [1.807, 2.05) is 13.8 Å². The number of halogens is 1. The molecule has 0 unspecified atom stereocenters. The van der Waals surface area contributed by atoms with E-state index in [2.05, 4.69) is 0 Å². The number of rotatable bonds is 11. The molecule has 0 aromatic heterocycles. The molecule has 0 amide bonds. The summed E-state index contributed by atoms with van der Waals surface area (Å²) in [5.74, 6) is -0.451. The molecule has 0 bridgehead atoms. The Kier molecular flexibility index (Phi) is 9.40. The van der Waals surface area contributed by atoms with Crippen LogP contribution in [-0.4, -0.2) is 44.7 Å². The number of hydrogen-bond acceptors (Lipinski definition) is 8. The van der Waals surface area contributed by atoms with Gasteiger partial charge < -0.3 is 0 Å². The van der Waals surface area contributed by atoms with Gasteiger partial charge in [0.1, 0.15) is 5.82 Å². The highest BCUT2D eigenvalue weighted by atomic mass is 32.2. The van der Waals surface area contributed by atoms with Crippen molar-refractivity contribution in [2.75, 3.05) is 19.5 Å². The molecule has 12 heteroatoms. The van der Waals surface area contributed by atoms with Crippen LogP contribution in [0.2, 0.25) is 0 Å². The molecule has 0 spiro atoms. The van der Waals surface area contributed by atoms with Gasteiger partial charge in [-0.3, -0.25) is 8.37 Å². The Morgan fingerprint density at radius 3 is 1.28 bits per heavy atom. The van der Waals surface area contributed by atoms with Crippen LogP contribution in [0.4, 0.5) is 4.39 Å². The van der Waals surface area contributed by atoms with Gasteiger partial charge in [-0.2, -0.15) is 16.8 Å². The monoisotopic (exact) mass is 684 g/mol. The first-order chi connectivity index (χ1) is 21.6. The third-order valence-electron chi connectivity index (χ3n) is 7.95. The highest BCUT2D eigenvalue weighted by Gasteiger charge is 2.43. The summed E-state index contributed by atoms with van der Waals surface area (Å²) in [6, 6.07) is 24.3. The first-order valence-corrected chi connectivity index (χ1v) is 19.0. The van der Waals surface area contributed by atoms with E-state index in [1.54, 1.807) is 48.5 Å². The second-order valence-corrected chi connectivity index (χ2v) is 16.9. The Hall–Kier alpha value is -3.68. The minimum atomic E-state index is -4.24. The normalized spacial score (nSPS) is 15.3. The third kappa shape index (κ3) is 7.64. The van der Waals surface area contributed by atoms with Gasteiger partial charge in [0.25, 0.3) is 20.2 Å². The largest absolute Gasteiger partial charge is 0.296 e. The lowest BCUT2D eigenvalue weighted by atomic mass is 9.84. The molecular formula is C34H33FO8S3. The van der Waals surface area contributed by atoms with E-state index in [1.165, 1.54) is 48.5 Å². The Labute approximate surface area is 269 Å². The number of benzene rings is 4. The minimum Gasteiger partial charge on any atom is -0.266 e. The second kappa shape index (κ2) is 12.8. The Balaban J connectivity index is 1.55. The SMILES string of the molecule is Cc1ccc(S(=O)(=O)OCC2(COS(=O)(=O)c3ccc(C)cc3)CC(c3ccc(F)cc3)=C(c3ccc(S(C)(=O)=O)cc3)C2)cc1. The molecular weight excluding hydrogens is 652 g/mol. The molecule has 0 saturated heterocycles. The van der Waals surface area contributed by atoms with E-state index >= 15 is 0 Å². The van der Waals surface area contributed by atoms with Crippen LogP contribution in [-0.2, 0) is 38.4 Å². The van der Waals surface area contributed by atoms with E-state index in [4.69, 9.17) is 8.37 Å². The lowest BCUT2D eigenvalue weighted by Crippen LogP contribution is -2.33. The summed E-state index contributed by atoms with van der Waals surface area (Å²) in [6.45, 7) is 2.79. The van der Waals surface area contributed by atoms with Gasteiger partial charge in [-0.25, -0.2) is 12.8 Å². The fourth-order valence-corrected chi connectivity index (χ4v) is 7.98. The van der Waals surface area contributed by atoms with Crippen molar-refractivity contribution < 1.29 is 38.0 Å². The molecule has 0 heterocycles. The molecule has 46 heavy (non-hydrogen) atoms. The van der Waals surface area contributed by atoms with Crippen molar-refractivity contribution in [1.29, 1.82) is 0 Å². The van der Waals surface area contributed by atoms with Crippen molar-refractivity contribution in [3.05, 3.63) is 125 Å². The molecule has 1 aliphatic carbocycles. The van der Waals surface area contributed by atoms with Gasteiger partial charge in [0.2, 0.25) is 0 Å². The molecule has 0 saturated carbocycles. The fourth-order valence-electron chi connectivity index (χ4n) is 5.33. The van der Waals surface area contributed by atoms with Crippen molar-refractivity contribution >= 4 is 41.2 Å². The summed E-state index contributed by atoms with van der Waals surface area (Å²) in [5, 5.41) is 0. The van der Waals surface area contributed by atoms with Crippen molar-refractivity contribution in [2.45, 2.75) is 41.4 Å². The summed E-state index contributed by atoms with van der Waals surface area (Å²) in [4.78, 5) is 0.00925. The molecule has 5 rings (SSSR count). The lowest BCUT2D eigenvalue weighted by Gasteiger charge is -2.29. The van der Waals surface area contributed by atoms with Crippen molar-refractivity contribution in [1.82, 2.24) is 0 Å². The molecule has 242 valence electrons. The zero-order valence-corrected chi connectivity index (χ0v) is 27.9. The van der Waals surface area contributed by atoms with E-state index in [9.17, 15) is 29.6 Å². The van der Waals surface area contributed by atoms with E-state index < -0.39 is 54.5 Å². The maximum atomic E-state index is 13.9. The number of aryl methyl sites for hydroxylation is 2. The second-order valence-electron chi connectivity index (χ2n) is 11.7. The molecule has 0 fully saturated rings. The highest BCUT2D eigenvalue weighted by molar-refractivity contribution is 7.90. The van der Waals surface area contributed by atoms with Gasteiger partial charge in [-0.1, -0.05) is 59.7 Å². The van der Waals surface area contributed by atoms with Crippen molar-refractivity contribution in [3.63, 3.8) is 0 Å². The quantitative estimate of drug-likeness (QED) is 0.168. The third-order valence-corrected chi connectivity index (χ3v) is 11.6. The van der Waals surface area contributed by atoms with E-state index in [0.717, 1.165) is 17.4 Å². The van der Waals surface area contributed by atoms with Gasteiger partial charge >= 0.3 is 0 Å². The van der Waals surface area contributed by atoms with Crippen LogP contribution >= 0.6 is 0 Å². The molecule has 8 nitrogen and oxygen atoms in total. The first kappa shape index (κ1) is 33.7. The van der Waals surface area contributed by atoms with Crippen LogP contribution < -0.4 is 0 Å². The van der Waals surface area contributed by atoms with Crippen LogP contribution in [0.15, 0.2) is 112 Å². The minimum absolute atomic E-state index is 0.0530. The van der Waals surface area contributed by atoms with Gasteiger partial charge in [-0.15, -0.1) is 0 Å². The molecule has 0 atom stereocenters. The number of hydrogen-bond donors (Lipinski definition) is 0. The maximum absolute atomic E-state index is 13.9. The number of sulfone groups is 1. The Morgan fingerprint density at radius 2 is 0.913 bits per heavy atom. The summed E-state index contributed by atoms with van der Waals surface area (Å²) in [7, 11) is -12.0. The Bertz CT molecular complexity index is 2010. The average Bonchev–Trinajstić information content (AvgIpc) is 3.40. The smallest absolute Gasteiger partial charge is 0.266 e. The zero-order chi connectivity index (χ0) is 33.3. The van der Waals surface area contributed by atoms with Gasteiger partial charge in [0, 0.05) is 11.7 Å². The average molecular weight is 685 g/mol. The summed E-state index contributed by atoms with van der Waals surface area (Å²) >= 11 is 0. The molecule has 0 aliphatic heterocycles. The van der Waals surface area contributed by atoms with Crippen molar-refractivity contribution in [3.8, 4) is 0 Å². The fraction of sp³-hybridized carbons (Fsp3) is 0.235. The highest BCUT2D eigenvalue weighted by Crippen LogP contribution is 2.51. The van der Waals surface area contributed by atoms with Gasteiger partial charge in [-0.05, 0) is 97.5 Å². The van der Waals surface area contributed by atoms with E-state index in [0.29, 0.717) is 22.3 Å². The standard InChI is InChI=1S/C34H33FO8S3/c1-24-4-14-30(15-5-24)45(38,39)42-22-34(23-43-46(40,41)31-16-6-25(2)7-17-31)20-32(26-8-12-28(35)13-9-26)33(21-34)27-10-18-29(19-11-27)44(3,36)37/h4-19H,20-23H2,1-3H3. The van der Waals surface area contributed by atoms with Gasteiger partial charge in [0.15, 0.2) is 9.84 Å². The van der Waals surface area contributed by atoms with Gasteiger partial charge in [0.05, 0.1) is 27.9 Å². The lowest BCUT2D eigenvalue weighted by molar-refractivity contribution is 0.0982. The molecule has 0 radical (unpaired) electrons. The molecule has 1 aliphatic rings. The van der Waals surface area contributed by atoms with Crippen molar-refractivity contribution in [2.24, 2.45) is 5.41 Å². The van der Waals surface area contributed by atoms with Crippen LogP contribution in [0.25, 0.3) is 11.1 Å². The topological polar surface area (TPSA) is 121 Å². The molecule has 4 aromatic rings. The van der Waals surface area contributed by atoms with Crippen LogP contribution in [0.1, 0.15) is 35.1 Å². The number of allylic oxidation sites excluding steroid dienone is 2. The molecule has 0 N–H and O–H groups in total. The maximum Gasteiger partial charge on any atom is 0.296 e. The summed E-state index contributed by atoms with van der Waals surface area (Å²) in [6.07, 6.45) is 1.34. The zero-order valence-electron chi connectivity index (χ0n) is 25.4. The first-order valence-electron chi connectivity index (χ1n) is 14.3. The predicted molar refractivity (Wildman–Crippen MR) is 173 cm³/mol. The predicted octanol–water partition coefficient (Wildman–Crippen LogP) is 6.35. The van der Waals surface area contributed by atoms with Crippen LogP contribution in [0.3, 0.4) is 0 Å². The Morgan fingerprint density at radius 1 is 0.565 bits per heavy atom.